The summed E-state index contributed by atoms with van der Waals surface area (Å²) in [6, 6.07) is 8.13. The molecule has 0 spiro atoms. The highest BCUT2D eigenvalue weighted by atomic mass is 32.1. The van der Waals surface area contributed by atoms with Gasteiger partial charge in [0.05, 0.1) is 12.0 Å². The van der Waals surface area contributed by atoms with Gasteiger partial charge >= 0.3 is 0 Å². The molecule has 104 valence electrons. The molecule has 20 heavy (non-hydrogen) atoms. The van der Waals surface area contributed by atoms with Crippen LogP contribution in [0.2, 0.25) is 0 Å². The Bertz CT molecular complexity index is 597. The van der Waals surface area contributed by atoms with Gasteiger partial charge in [-0.25, -0.2) is 4.98 Å². The van der Waals surface area contributed by atoms with Gasteiger partial charge in [-0.15, -0.1) is 11.3 Å². The van der Waals surface area contributed by atoms with Gasteiger partial charge in [0.2, 0.25) is 5.91 Å². The smallest absolute Gasteiger partial charge is 0.225 e. The zero-order valence-corrected chi connectivity index (χ0v) is 12.1. The topological polar surface area (TPSA) is 54.0 Å². The third-order valence-corrected chi connectivity index (χ3v) is 4.53. The molecule has 2 heterocycles. The molecule has 0 saturated heterocycles. The first kappa shape index (κ1) is 13.1. The maximum absolute atomic E-state index is 12.3. The van der Waals surface area contributed by atoms with Gasteiger partial charge in [-0.3, -0.25) is 4.79 Å². The van der Waals surface area contributed by atoms with Crippen LogP contribution >= 0.6 is 11.3 Å². The van der Waals surface area contributed by atoms with Crippen LogP contribution in [-0.2, 0) is 11.2 Å². The molecule has 2 aromatic rings. The lowest BCUT2D eigenvalue weighted by atomic mass is 9.93. The van der Waals surface area contributed by atoms with Crippen molar-refractivity contribution < 1.29 is 4.79 Å². The van der Waals surface area contributed by atoms with E-state index in [9.17, 15) is 4.79 Å². The van der Waals surface area contributed by atoms with Crippen LogP contribution in [0.15, 0.2) is 35.8 Å². The third-order valence-electron chi connectivity index (χ3n) is 3.57. The van der Waals surface area contributed by atoms with Gasteiger partial charge < -0.3 is 10.6 Å². The van der Waals surface area contributed by atoms with E-state index in [-0.39, 0.29) is 17.9 Å². The third kappa shape index (κ3) is 2.67. The van der Waals surface area contributed by atoms with E-state index in [1.54, 1.807) is 17.5 Å². The Morgan fingerprint density at radius 2 is 2.35 bits per heavy atom. The van der Waals surface area contributed by atoms with Crippen molar-refractivity contribution in [2.75, 3.05) is 11.9 Å². The number of fused-ring (bicyclic) bond motifs is 1. The summed E-state index contributed by atoms with van der Waals surface area (Å²) in [6.07, 6.45) is 2.56. The lowest BCUT2D eigenvalue weighted by Crippen LogP contribution is -2.39. The Morgan fingerprint density at radius 1 is 1.50 bits per heavy atom. The number of carbonyl (C=O) groups is 1. The zero-order chi connectivity index (χ0) is 13.9. The van der Waals surface area contributed by atoms with Gasteiger partial charge in [0, 0.05) is 23.8 Å². The van der Waals surface area contributed by atoms with Crippen LogP contribution in [0.25, 0.3) is 0 Å². The van der Waals surface area contributed by atoms with Crippen LogP contribution in [0.4, 0.5) is 5.69 Å². The van der Waals surface area contributed by atoms with Crippen molar-refractivity contribution >= 4 is 22.9 Å². The Labute approximate surface area is 122 Å². The molecule has 1 aromatic carbocycles. The molecule has 2 atom stereocenters. The molecule has 0 saturated carbocycles. The van der Waals surface area contributed by atoms with Crippen molar-refractivity contribution in [3.8, 4) is 0 Å². The fourth-order valence-corrected chi connectivity index (χ4v) is 3.11. The van der Waals surface area contributed by atoms with E-state index in [0.29, 0.717) is 6.54 Å². The fourth-order valence-electron chi connectivity index (χ4n) is 2.47. The Kier molecular flexibility index (Phi) is 3.69. The Hall–Kier alpha value is -1.88. The normalized spacial score (nSPS) is 18.8. The highest BCUT2D eigenvalue weighted by Gasteiger charge is 2.25. The molecule has 0 fully saturated rings. The van der Waals surface area contributed by atoms with E-state index in [1.165, 1.54) is 5.56 Å². The van der Waals surface area contributed by atoms with E-state index in [4.69, 9.17) is 0 Å². The molecule has 0 aliphatic carbocycles. The summed E-state index contributed by atoms with van der Waals surface area (Å²) in [5.74, 6) is 0.0713. The van der Waals surface area contributed by atoms with E-state index in [1.807, 2.05) is 24.4 Å². The lowest BCUT2D eigenvalue weighted by molar-refractivity contribution is -0.125. The number of aromatic nitrogens is 1. The van der Waals surface area contributed by atoms with E-state index in [2.05, 4.69) is 27.8 Å². The summed E-state index contributed by atoms with van der Waals surface area (Å²) >= 11 is 1.57. The maximum atomic E-state index is 12.3. The van der Waals surface area contributed by atoms with E-state index in [0.717, 1.165) is 17.1 Å². The molecule has 4 nitrogen and oxygen atoms in total. The molecule has 0 radical (unpaired) electrons. The van der Waals surface area contributed by atoms with Gasteiger partial charge in [-0.1, -0.05) is 18.2 Å². The molecule has 1 aliphatic heterocycles. The first-order valence-corrected chi connectivity index (χ1v) is 7.63. The first-order valence-electron chi connectivity index (χ1n) is 6.75. The molecule has 1 aliphatic rings. The molecular formula is C15H17N3OS. The molecule has 1 aromatic heterocycles. The average Bonchev–Trinajstić information content (AvgIpc) is 3.01. The quantitative estimate of drug-likeness (QED) is 0.912. The van der Waals surface area contributed by atoms with Gasteiger partial charge in [-0.2, -0.15) is 0 Å². The Morgan fingerprint density at radius 3 is 3.15 bits per heavy atom. The summed E-state index contributed by atoms with van der Waals surface area (Å²) in [5.41, 5.74) is 2.35. The van der Waals surface area contributed by atoms with Crippen LogP contribution in [0.3, 0.4) is 0 Å². The highest BCUT2D eigenvalue weighted by Crippen LogP contribution is 2.25. The van der Waals surface area contributed by atoms with Crippen LogP contribution in [0, 0.1) is 5.92 Å². The summed E-state index contributed by atoms with van der Waals surface area (Å²) in [6.45, 7) is 2.66. The minimum Gasteiger partial charge on any atom is -0.384 e. The number of benzene rings is 1. The van der Waals surface area contributed by atoms with Crippen molar-refractivity contribution in [2.24, 2.45) is 5.92 Å². The number of thiazole rings is 1. The second kappa shape index (κ2) is 5.63. The largest absolute Gasteiger partial charge is 0.384 e. The minimum absolute atomic E-state index is 0.0210. The first-order chi connectivity index (χ1) is 9.74. The van der Waals surface area contributed by atoms with Crippen LogP contribution in [0.1, 0.15) is 23.5 Å². The standard InChI is InChI=1S/C15H17N3OS/c1-10(15-16-6-7-20-15)18-14(19)12-8-11-4-2-3-5-13(11)17-9-12/h2-7,10,12,17H,8-9H2,1H3,(H,18,19). The predicted octanol–water partition coefficient (Wildman–Crippen LogP) is 2.60. The number of para-hydroxylation sites is 1. The SMILES string of the molecule is CC(NC(=O)C1CNc2ccccc2C1)c1nccs1. The average molecular weight is 287 g/mol. The second-order valence-corrected chi connectivity index (χ2v) is 5.97. The van der Waals surface area contributed by atoms with Crippen LogP contribution < -0.4 is 10.6 Å². The number of rotatable bonds is 3. The molecule has 0 bridgehead atoms. The highest BCUT2D eigenvalue weighted by molar-refractivity contribution is 7.09. The van der Waals surface area contributed by atoms with E-state index >= 15 is 0 Å². The zero-order valence-electron chi connectivity index (χ0n) is 11.3. The second-order valence-electron chi connectivity index (χ2n) is 5.04. The van der Waals surface area contributed by atoms with Gasteiger partial charge in [0.1, 0.15) is 5.01 Å². The monoisotopic (exact) mass is 287 g/mol. The molecule has 5 heteroatoms. The molecule has 1 amide bonds. The van der Waals surface area contributed by atoms with Crippen molar-refractivity contribution in [3.05, 3.63) is 46.4 Å². The molecule has 2 unspecified atom stereocenters. The number of hydrogen-bond acceptors (Lipinski definition) is 4. The van der Waals surface area contributed by atoms with Gasteiger partial charge in [0.25, 0.3) is 0 Å². The fraction of sp³-hybridized carbons (Fsp3) is 0.333. The van der Waals surface area contributed by atoms with Gasteiger partial charge in [-0.05, 0) is 25.0 Å². The van der Waals surface area contributed by atoms with Crippen LogP contribution in [-0.4, -0.2) is 17.4 Å². The van der Waals surface area contributed by atoms with E-state index < -0.39 is 0 Å². The lowest BCUT2D eigenvalue weighted by Gasteiger charge is -2.26. The predicted molar refractivity (Wildman–Crippen MR) is 80.8 cm³/mol. The van der Waals surface area contributed by atoms with Gasteiger partial charge in [0.15, 0.2) is 0 Å². The number of carbonyl (C=O) groups excluding carboxylic acids is 1. The molecular weight excluding hydrogens is 270 g/mol. The minimum atomic E-state index is -0.0281. The van der Waals surface area contributed by atoms with Crippen molar-refractivity contribution in [1.29, 1.82) is 0 Å². The van der Waals surface area contributed by atoms with Crippen molar-refractivity contribution in [1.82, 2.24) is 10.3 Å². The summed E-state index contributed by atoms with van der Waals surface area (Å²) in [5, 5.41) is 9.25. The number of nitrogens with zero attached hydrogens (tertiary/aromatic N) is 1. The summed E-state index contributed by atoms with van der Waals surface area (Å²) < 4.78 is 0. The molecule has 3 rings (SSSR count). The number of anilines is 1. The number of nitrogens with one attached hydrogen (secondary N) is 2. The Balaban J connectivity index is 1.64. The van der Waals surface area contributed by atoms with Crippen molar-refractivity contribution in [2.45, 2.75) is 19.4 Å². The summed E-state index contributed by atoms with van der Waals surface area (Å²) in [4.78, 5) is 16.6. The maximum Gasteiger partial charge on any atom is 0.225 e. The number of hydrogen-bond donors (Lipinski definition) is 2. The molecule has 2 N–H and O–H groups in total. The van der Waals surface area contributed by atoms with Crippen LogP contribution in [0.5, 0.6) is 0 Å². The number of amides is 1. The summed E-state index contributed by atoms with van der Waals surface area (Å²) in [7, 11) is 0. The van der Waals surface area contributed by atoms with Crippen molar-refractivity contribution in [3.63, 3.8) is 0 Å².